The summed E-state index contributed by atoms with van der Waals surface area (Å²) in [5, 5.41) is 6.34. The molecule has 2 amide bonds. The molecule has 6 rings (SSSR count). The van der Waals surface area contributed by atoms with Gasteiger partial charge < -0.3 is 15.5 Å². The summed E-state index contributed by atoms with van der Waals surface area (Å²) >= 11 is 0. The highest BCUT2D eigenvalue weighted by Crippen LogP contribution is 2.38. The van der Waals surface area contributed by atoms with Crippen LogP contribution in [0.5, 0.6) is 0 Å². The van der Waals surface area contributed by atoms with Crippen molar-refractivity contribution in [1.29, 1.82) is 0 Å². The summed E-state index contributed by atoms with van der Waals surface area (Å²) in [4.78, 5) is 45.0. The third kappa shape index (κ3) is 7.19. The molecule has 43 heavy (non-hydrogen) atoms. The van der Waals surface area contributed by atoms with Crippen molar-refractivity contribution in [1.82, 2.24) is 21.2 Å². The maximum atomic E-state index is 13.1. The second kappa shape index (κ2) is 12.9. The number of pyridine rings is 1. The molecule has 0 spiro atoms. The number of Topliss-reactive ketones (excluding diaryl/α,β-unsaturated/α-hetero) is 1. The lowest BCUT2D eigenvalue weighted by atomic mass is 9.96. The predicted molar refractivity (Wildman–Crippen MR) is 162 cm³/mol. The van der Waals surface area contributed by atoms with E-state index in [1.807, 2.05) is 12.1 Å². The zero-order valence-corrected chi connectivity index (χ0v) is 24.0. The van der Waals surface area contributed by atoms with Crippen LogP contribution in [0.3, 0.4) is 0 Å². The van der Waals surface area contributed by atoms with Gasteiger partial charge >= 0.3 is 0 Å². The highest BCUT2D eigenvalue weighted by Gasteiger charge is 2.41. The molecule has 1 aromatic heterocycles. The van der Waals surface area contributed by atoms with Gasteiger partial charge in [0.25, 0.3) is 11.8 Å². The Bertz CT molecular complexity index is 1430. The van der Waals surface area contributed by atoms with Crippen molar-refractivity contribution < 1.29 is 18.8 Å². The molecule has 4 N–H and O–H groups in total. The lowest BCUT2D eigenvalue weighted by Crippen LogP contribution is -2.50. The normalized spacial score (nSPS) is 20.9. The molecule has 3 heterocycles. The highest BCUT2D eigenvalue weighted by atomic mass is 19.1. The highest BCUT2D eigenvalue weighted by molar-refractivity contribution is 5.98. The van der Waals surface area contributed by atoms with E-state index in [0.717, 1.165) is 43.7 Å². The Morgan fingerprint density at radius 2 is 1.47 bits per heavy atom. The van der Waals surface area contributed by atoms with E-state index in [9.17, 15) is 18.8 Å². The lowest BCUT2D eigenvalue weighted by Gasteiger charge is -2.40. The van der Waals surface area contributed by atoms with E-state index in [4.69, 9.17) is 0 Å². The molecular weight excluding hydrogens is 547 g/mol. The van der Waals surface area contributed by atoms with E-state index in [0.29, 0.717) is 35.6 Å². The van der Waals surface area contributed by atoms with Crippen molar-refractivity contribution in [3.05, 3.63) is 89.4 Å². The van der Waals surface area contributed by atoms with Gasteiger partial charge in [-0.15, -0.1) is 0 Å². The van der Waals surface area contributed by atoms with Crippen molar-refractivity contribution in [3.8, 4) is 0 Å². The Kier molecular flexibility index (Phi) is 8.64. The van der Waals surface area contributed by atoms with Crippen LogP contribution in [-0.2, 0) is 0 Å². The second-order valence-electron chi connectivity index (χ2n) is 11.8. The number of hydrogen-bond acceptors (Lipinski definition) is 7. The number of amides is 2. The Morgan fingerprint density at radius 1 is 0.814 bits per heavy atom. The van der Waals surface area contributed by atoms with Crippen LogP contribution in [-0.4, -0.2) is 53.8 Å². The number of rotatable bonds is 12. The van der Waals surface area contributed by atoms with Crippen LogP contribution in [0, 0.1) is 11.7 Å². The maximum absolute atomic E-state index is 13.1. The number of anilines is 2. The van der Waals surface area contributed by atoms with E-state index in [1.165, 1.54) is 25.0 Å². The molecule has 2 atom stereocenters. The van der Waals surface area contributed by atoms with Crippen LogP contribution in [0.4, 0.5) is 15.9 Å². The number of nitrogens with one attached hydrogen (secondary N) is 4. The number of halogens is 1. The SMILES string of the molecule is O=C(CCNc1ccc(F)cc1)c1ccc(N2C3CCC2CC(NC(=O)c2ccc(C(=O)NNCC4CC4)cc2)C3)nc1. The molecule has 1 saturated carbocycles. The third-order valence-corrected chi connectivity index (χ3v) is 8.63. The average Bonchev–Trinajstić information content (AvgIpc) is 3.81. The quantitative estimate of drug-likeness (QED) is 0.183. The molecule has 2 aliphatic heterocycles. The molecule has 224 valence electrons. The number of carbonyl (C=O) groups excluding carboxylic acids is 3. The summed E-state index contributed by atoms with van der Waals surface area (Å²) in [5.41, 5.74) is 8.07. The van der Waals surface area contributed by atoms with Crippen molar-refractivity contribution in [3.63, 3.8) is 0 Å². The summed E-state index contributed by atoms with van der Waals surface area (Å²) in [6.45, 7) is 1.24. The van der Waals surface area contributed by atoms with Crippen LogP contribution >= 0.6 is 0 Å². The zero-order valence-electron chi connectivity index (χ0n) is 24.0. The van der Waals surface area contributed by atoms with Crippen LogP contribution < -0.4 is 26.4 Å². The molecule has 2 unspecified atom stereocenters. The second-order valence-corrected chi connectivity index (χ2v) is 11.8. The molecule has 2 saturated heterocycles. The minimum Gasteiger partial charge on any atom is -0.385 e. The van der Waals surface area contributed by atoms with Crippen molar-refractivity contribution in [2.24, 2.45) is 5.92 Å². The number of hydrazine groups is 1. The molecule has 1 aliphatic carbocycles. The first-order valence-electron chi connectivity index (χ1n) is 15.1. The van der Waals surface area contributed by atoms with E-state index in [-0.39, 0.29) is 41.5 Å². The topological polar surface area (TPSA) is 115 Å². The molecule has 2 bridgehead atoms. The van der Waals surface area contributed by atoms with Crippen molar-refractivity contribution in [2.75, 3.05) is 23.3 Å². The van der Waals surface area contributed by atoms with Crippen molar-refractivity contribution >= 4 is 29.1 Å². The molecule has 3 fully saturated rings. The van der Waals surface area contributed by atoms with E-state index in [2.05, 4.69) is 31.4 Å². The largest absolute Gasteiger partial charge is 0.385 e. The molecular formula is C33H37FN6O3. The third-order valence-electron chi connectivity index (χ3n) is 8.63. The summed E-state index contributed by atoms with van der Waals surface area (Å²) in [5.74, 6) is 0.885. The molecule has 3 aliphatic rings. The minimum absolute atomic E-state index is 0.00282. The van der Waals surface area contributed by atoms with Gasteiger partial charge in [-0.2, -0.15) is 0 Å². The number of fused-ring (bicyclic) bond motifs is 2. The predicted octanol–water partition coefficient (Wildman–Crippen LogP) is 4.48. The minimum atomic E-state index is -0.295. The first kappa shape index (κ1) is 28.8. The van der Waals surface area contributed by atoms with Gasteiger partial charge in [0.1, 0.15) is 11.6 Å². The number of ketones is 1. The van der Waals surface area contributed by atoms with Crippen LogP contribution in [0.2, 0.25) is 0 Å². The zero-order chi connectivity index (χ0) is 29.8. The maximum Gasteiger partial charge on any atom is 0.265 e. The monoisotopic (exact) mass is 584 g/mol. The average molecular weight is 585 g/mol. The molecule has 0 radical (unpaired) electrons. The van der Waals surface area contributed by atoms with Crippen molar-refractivity contribution in [2.45, 2.75) is 63.1 Å². The van der Waals surface area contributed by atoms with Gasteiger partial charge in [0.05, 0.1) is 0 Å². The van der Waals surface area contributed by atoms with E-state index >= 15 is 0 Å². The van der Waals surface area contributed by atoms with Gasteiger partial charge in [-0.25, -0.2) is 14.8 Å². The Morgan fingerprint density at radius 3 is 2.09 bits per heavy atom. The standard InChI is InChI=1S/C33H37FN6O3/c34-25-8-10-26(11-9-25)35-16-15-30(41)24-7-14-31(36-20-24)40-28-12-13-29(40)18-27(17-28)38-32(42)22-3-5-23(6-4-22)33(43)39-37-19-21-1-2-21/h3-11,14,20-21,27-29,35,37H,1-2,12-13,15-19H2,(H,38,42)(H,39,43). The van der Waals surface area contributed by atoms with Crippen LogP contribution in [0.25, 0.3) is 0 Å². The van der Waals surface area contributed by atoms with Gasteiger partial charge in [0.15, 0.2) is 5.78 Å². The summed E-state index contributed by atoms with van der Waals surface area (Å²) in [7, 11) is 0. The lowest BCUT2D eigenvalue weighted by molar-refractivity contribution is 0.0917. The van der Waals surface area contributed by atoms with Gasteiger partial charge in [0.2, 0.25) is 0 Å². The smallest absolute Gasteiger partial charge is 0.265 e. The summed E-state index contributed by atoms with van der Waals surface area (Å²) in [6.07, 6.45) is 8.10. The van der Waals surface area contributed by atoms with Gasteiger partial charge in [0, 0.05) is 66.2 Å². The fraction of sp³-hybridized carbons (Fsp3) is 0.394. The number of aromatic nitrogens is 1. The fourth-order valence-electron chi connectivity index (χ4n) is 6.12. The van der Waals surface area contributed by atoms with E-state index in [1.54, 1.807) is 42.6 Å². The number of nitrogens with zero attached hydrogens (tertiary/aromatic N) is 2. The first-order valence-corrected chi connectivity index (χ1v) is 15.1. The molecule has 3 aromatic rings. The van der Waals surface area contributed by atoms with E-state index < -0.39 is 0 Å². The molecule has 10 heteroatoms. The number of benzene rings is 2. The van der Waals surface area contributed by atoms with Gasteiger partial charge in [-0.3, -0.25) is 19.8 Å². The number of piperidine rings is 1. The first-order chi connectivity index (χ1) is 20.9. The van der Waals surface area contributed by atoms with Crippen LogP contribution in [0.1, 0.15) is 76.0 Å². The van der Waals surface area contributed by atoms with Gasteiger partial charge in [-0.05, 0) is 105 Å². The van der Waals surface area contributed by atoms with Crippen LogP contribution in [0.15, 0.2) is 66.9 Å². The summed E-state index contributed by atoms with van der Waals surface area (Å²) in [6, 6.07) is 17.2. The molecule has 2 aromatic carbocycles. The Hall–Kier alpha value is -4.31. The number of carbonyl (C=O) groups is 3. The summed E-state index contributed by atoms with van der Waals surface area (Å²) < 4.78 is 13.1. The number of hydrogen-bond donors (Lipinski definition) is 4. The fourth-order valence-corrected chi connectivity index (χ4v) is 6.12. The van der Waals surface area contributed by atoms with Gasteiger partial charge in [-0.1, -0.05) is 0 Å². The Labute approximate surface area is 250 Å². The Balaban J connectivity index is 0.976. The molecule has 9 nitrogen and oxygen atoms in total.